The number of hydrogen-bond acceptors (Lipinski definition) is 4. The molecule has 1 aromatic heterocycles. The second-order valence-corrected chi connectivity index (χ2v) is 8.73. The Hall–Kier alpha value is -3.94. The van der Waals surface area contributed by atoms with Crippen LogP contribution in [0.15, 0.2) is 85.1 Å². The molecule has 4 rings (SSSR count). The summed E-state index contributed by atoms with van der Waals surface area (Å²) >= 11 is 5.96. The predicted molar refractivity (Wildman–Crippen MR) is 142 cm³/mol. The average molecular weight is 503 g/mol. The van der Waals surface area contributed by atoms with Gasteiger partial charge in [0.1, 0.15) is 6.54 Å². The first-order chi connectivity index (χ1) is 17.4. The van der Waals surface area contributed by atoms with Crippen LogP contribution in [0.3, 0.4) is 0 Å². The molecule has 0 spiro atoms. The van der Waals surface area contributed by atoms with Gasteiger partial charge in [0, 0.05) is 41.7 Å². The topological polar surface area (TPSA) is 76.5 Å². The van der Waals surface area contributed by atoms with Crippen LogP contribution in [0.4, 0.5) is 5.95 Å². The van der Waals surface area contributed by atoms with E-state index < -0.39 is 0 Å². The predicted octanol–water partition coefficient (Wildman–Crippen LogP) is 5.23. The fourth-order valence-electron chi connectivity index (χ4n) is 3.69. The zero-order valence-electron chi connectivity index (χ0n) is 20.1. The van der Waals surface area contributed by atoms with Gasteiger partial charge in [-0.2, -0.15) is 0 Å². The molecule has 36 heavy (non-hydrogen) atoms. The molecule has 0 bridgehead atoms. The lowest BCUT2D eigenvalue weighted by Gasteiger charge is -2.22. The Bertz CT molecular complexity index is 1320. The van der Waals surface area contributed by atoms with Crippen LogP contribution in [-0.4, -0.2) is 53.1 Å². The van der Waals surface area contributed by atoms with Gasteiger partial charge in [-0.25, -0.2) is 4.98 Å². The fraction of sp³-hybridized carbons (Fsp3) is 0.179. The van der Waals surface area contributed by atoms with Crippen molar-refractivity contribution < 1.29 is 14.3 Å². The van der Waals surface area contributed by atoms with Crippen LogP contribution in [0.2, 0.25) is 5.02 Å². The smallest absolute Gasteiger partial charge is 0.254 e. The summed E-state index contributed by atoms with van der Waals surface area (Å²) in [5, 5.41) is 3.43. The van der Waals surface area contributed by atoms with Crippen LogP contribution < -0.4 is 5.32 Å². The minimum atomic E-state index is -0.369. The van der Waals surface area contributed by atoms with Crippen molar-refractivity contribution in [3.63, 3.8) is 0 Å². The van der Waals surface area contributed by atoms with Gasteiger partial charge >= 0.3 is 0 Å². The quantitative estimate of drug-likeness (QED) is 0.340. The summed E-state index contributed by atoms with van der Waals surface area (Å²) in [4.78, 5) is 32.4. The summed E-state index contributed by atoms with van der Waals surface area (Å²) in [5.41, 5.74) is 4.08. The molecule has 0 atom stereocenters. The molecule has 2 amide bonds. The number of halogens is 1. The number of aromatic nitrogens is 2. The van der Waals surface area contributed by atoms with Gasteiger partial charge in [-0.05, 0) is 43.3 Å². The number of benzene rings is 3. The molecule has 0 radical (unpaired) electrons. The van der Waals surface area contributed by atoms with Crippen molar-refractivity contribution in [1.29, 1.82) is 0 Å². The lowest BCUT2D eigenvalue weighted by Crippen LogP contribution is -2.40. The van der Waals surface area contributed by atoms with Crippen LogP contribution >= 0.6 is 11.6 Å². The number of ether oxygens (including phenoxy) is 1. The Kier molecular flexibility index (Phi) is 8.15. The molecule has 0 unspecified atom stereocenters. The maximum atomic E-state index is 13.1. The molecule has 4 aromatic rings. The number of hydrogen-bond donors (Lipinski definition) is 1. The molecule has 0 fully saturated rings. The number of nitrogens with zero attached hydrogens (tertiary/aromatic N) is 3. The Morgan fingerprint density at radius 3 is 2.36 bits per heavy atom. The molecule has 1 heterocycles. The first kappa shape index (κ1) is 25.2. The molecule has 0 saturated carbocycles. The van der Waals surface area contributed by atoms with Crippen molar-refractivity contribution in [2.24, 2.45) is 0 Å². The van der Waals surface area contributed by atoms with Gasteiger partial charge in [0.25, 0.3) is 5.91 Å². The monoisotopic (exact) mass is 502 g/mol. The van der Waals surface area contributed by atoms with Gasteiger partial charge in [0.2, 0.25) is 11.9 Å². The fourth-order valence-corrected chi connectivity index (χ4v) is 3.81. The van der Waals surface area contributed by atoms with E-state index in [0.717, 1.165) is 22.5 Å². The van der Waals surface area contributed by atoms with Crippen molar-refractivity contribution >= 4 is 29.4 Å². The number of imidazole rings is 1. The highest BCUT2D eigenvalue weighted by Crippen LogP contribution is 2.24. The highest BCUT2D eigenvalue weighted by Gasteiger charge is 2.21. The van der Waals surface area contributed by atoms with Crippen molar-refractivity contribution in [3.8, 4) is 16.9 Å². The van der Waals surface area contributed by atoms with Crippen LogP contribution in [-0.2, 0) is 9.53 Å². The van der Waals surface area contributed by atoms with Crippen molar-refractivity contribution in [2.75, 3.05) is 32.1 Å². The second-order valence-electron chi connectivity index (χ2n) is 8.30. The van der Waals surface area contributed by atoms with Crippen molar-refractivity contribution in [1.82, 2.24) is 14.5 Å². The van der Waals surface area contributed by atoms with Gasteiger partial charge in [0.05, 0.1) is 12.3 Å². The highest BCUT2D eigenvalue weighted by atomic mass is 35.5. The number of methoxy groups -OCH3 is 1. The zero-order chi connectivity index (χ0) is 25.5. The summed E-state index contributed by atoms with van der Waals surface area (Å²) < 4.78 is 6.99. The molecular formula is C28H27ClN4O3. The minimum absolute atomic E-state index is 0.160. The van der Waals surface area contributed by atoms with Crippen LogP contribution in [0.5, 0.6) is 0 Å². The Balaban J connectivity index is 1.59. The largest absolute Gasteiger partial charge is 0.383 e. The van der Waals surface area contributed by atoms with E-state index in [-0.39, 0.29) is 24.9 Å². The molecule has 0 aliphatic heterocycles. The van der Waals surface area contributed by atoms with Crippen LogP contribution in [0.25, 0.3) is 16.9 Å². The lowest BCUT2D eigenvalue weighted by atomic mass is 10.2. The van der Waals surface area contributed by atoms with E-state index in [4.69, 9.17) is 16.3 Å². The molecular weight excluding hydrogens is 476 g/mol. The number of rotatable bonds is 9. The van der Waals surface area contributed by atoms with Gasteiger partial charge in [-0.15, -0.1) is 0 Å². The first-order valence-electron chi connectivity index (χ1n) is 11.5. The molecule has 0 aliphatic rings. The minimum Gasteiger partial charge on any atom is -0.383 e. The number of carbonyl (C=O) groups is 2. The molecule has 7 nitrogen and oxygen atoms in total. The molecule has 0 aliphatic carbocycles. The summed E-state index contributed by atoms with van der Waals surface area (Å²) in [7, 11) is 1.55. The van der Waals surface area contributed by atoms with E-state index >= 15 is 0 Å². The van der Waals surface area contributed by atoms with Crippen LogP contribution in [0, 0.1) is 6.92 Å². The third-order valence-electron chi connectivity index (χ3n) is 5.62. The van der Waals surface area contributed by atoms with E-state index in [1.165, 1.54) is 4.90 Å². The summed E-state index contributed by atoms with van der Waals surface area (Å²) in [6.07, 6.45) is 1.89. The maximum absolute atomic E-state index is 13.1. The highest BCUT2D eigenvalue weighted by molar-refractivity contribution is 6.30. The van der Waals surface area contributed by atoms with E-state index in [2.05, 4.69) is 10.3 Å². The van der Waals surface area contributed by atoms with Crippen molar-refractivity contribution in [2.45, 2.75) is 6.92 Å². The van der Waals surface area contributed by atoms with Gasteiger partial charge in [0.15, 0.2) is 0 Å². The van der Waals surface area contributed by atoms with Crippen molar-refractivity contribution in [3.05, 3.63) is 101 Å². The number of anilines is 1. The van der Waals surface area contributed by atoms with Gasteiger partial charge < -0.3 is 9.64 Å². The molecule has 0 saturated heterocycles. The zero-order valence-corrected chi connectivity index (χ0v) is 20.9. The molecule has 184 valence electrons. The van der Waals surface area contributed by atoms with Gasteiger partial charge in [-0.1, -0.05) is 59.6 Å². The van der Waals surface area contributed by atoms with Gasteiger partial charge in [-0.3, -0.25) is 19.5 Å². The van der Waals surface area contributed by atoms with E-state index in [9.17, 15) is 9.59 Å². The standard InChI is InChI=1S/C28H27ClN4O3/c1-20-8-14-24(15-9-20)33-18-25(21-6-4-3-5-7-21)30-28(33)31-26(34)19-32(16-17-36-2)27(35)22-10-12-23(29)13-11-22/h3-15,18H,16-17,19H2,1-2H3,(H,30,31,34). The SMILES string of the molecule is COCCN(CC(=O)Nc1nc(-c2ccccc2)cn1-c1ccc(C)cc1)C(=O)c1ccc(Cl)cc1. The maximum Gasteiger partial charge on any atom is 0.254 e. The summed E-state index contributed by atoms with van der Waals surface area (Å²) in [6.45, 7) is 2.41. The summed E-state index contributed by atoms with van der Waals surface area (Å²) in [6, 6.07) is 24.2. The number of carbonyl (C=O) groups excluding carboxylic acids is 2. The van der Waals surface area contributed by atoms with E-state index in [0.29, 0.717) is 23.1 Å². The first-order valence-corrected chi connectivity index (χ1v) is 11.9. The molecule has 1 N–H and O–H groups in total. The normalized spacial score (nSPS) is 10.8. The Labute approximate surface area is 215 Å². The Morgan fingerprint density at radius 2 is 1.69 bits per heavy atom. The number of nitrogens with one attached hydrogen (secondary N) is 1. The molecule has 3 aromatic carbocycles. The van der Waals surface area contributed by atoms with E-state index in [1.54, 1.807) is 31.4 Å². The van der Waals surface area contributed by atoms with E-state index in [1.807, 2.05) is 72.3 Å². The third-order valence-corrected chi connectivity index (χ3v) is 5.87. The average Bonchev–Trinajstić information content (AvgIpc) is 3.31. The lowest BCUT2D eigenvalue weighted by molar-refractivity contribution is -0.117. The third kappa shape index (κ3) is 6.19. The van der Waals surface area contributed by atoms with Crippen LogP contribution in [0.1, 0.15) is 15.9 Å². The Morgan fingerprint density at radius 1 is 1.00 bits per heavy atom. The molecule has 8 heteroatoms. The second kappa shape index (κ2) is 11.7. The number of aryl methyl sites for hydroxylation is 1. The summed E-state index contributed by atoms with van der Waals surface area (Å²) in [5.74, 6) is -0.286. The number of amides is 2.